The van der Waals surface area contributed by atoms with Crippen LogP contribution >= 0.6 is 0 Å². The van der Waals surface area contributed by atoms with Crippen molar-refractivity contribution in [2.75, 3.05) is 6.54 Å². The third-order valence-corrected chi connectivity index (χ3v) is 1.39. The van der Waals surface area contributed by atoms with Crippen LogP contribution in [0.1, 0.15) is 39.5 Å². The lowest BCUT2D eigenvalue weighted by Crippen LogP contribution is -1.97. The van der Waals surface area contributed by atoms with E-state index >= 15 is 0 Å². The fourth-order valence-electron chi connectivity index (χ4n) is 0.999. The number of nitrogens with zero attached hydrogens (tertiary/aromatic N) is 1. The second-order valence-corrected chi connectivity index (χ2v) is 2.39. The van der Waals surface area contributed by atoms with E-state index in [-0.39, 0.29) is 0 Å². The van der Waals surface area contributed by atoms with Gasteiger partial charge in [0.1, 0.15) is 0 Å². The Kier molecular flexibility index (Phi) is 6.56. The Bertz CT molecular complexity index is 86.9. The fourth-order valence-corrected chi connectivity index (χ4v) is 0.999. The molecule has 0 amide bonds. The molecule has 0 fully saturated rings. The molecule has 0 saturated carbocycles. The molecule has 1 nitrogen and oxygen atoms in total. The van der Waals surface area contributed by atoms with Crippen molar-refractivity contribution in [1.29, 1.82) is 0 Å². The second kappa shape index (κ2) is 6.79. The predicted octanol–water partition coefficient (Wildman–Crippen LogP) is 2.86. The molecule has 0 heterocycles. The average Bonchev–Trinajstić information content (AvgIpc) is 1.90. The van der Waals surface area contributed by atoms with Gasteiger partial charge in [0, 0.05) is 12.3 Å². The van der Waals surface area contributed by atoms with Crippen LogP contribution in [0.5, 0.6) is 0 Å². The molecule has 1 radical (unpaired) electrons. The summed E-state index contributed by atoms with van der Waals surface area (Å²) < 4.78 is 0. The van der Waals surface area contributed by atoms with E-state index in [0.717, 1.165) is 25.8 Å². The van der Waals surface area contributed by atoms with E-state index in [4.69, 9.17) is 0 Å². The Labute approximate surface area is 64.6 Å². The normalized spacial score (nSPS) is 12.1. The SMILES string of the molecule is [CH2]CCC(CCC)=NCC. The van der Waals surface area contributed by atoms with Gasteiger partial charge in [-0.05, 0) is 26.2 Å². The summed E-state index contributed by atoms with van der Waals surface area (Å²) in [5.74, 6) is 0. The standard InChI is InChI=1S/C9H18N/c1-4-7-9(8-5-2)10-6-3/h1,4-8H2,2-3H3. The fraction of sp³-hybridized carbons (Fsp3) is 0.778. The maximum absolute atomic E-state index is 4.38. The highest BCUT2D eigenvalue weighted by molar-refractivity contribution is 5.84. The Hall–Kier alpha value is -0.330. The van der Waals surface area contributed by atoms with Gasteiger partial charge in [-0.2, -0.15) is 0 Å². The van der Waals surface area contributed by atoms with Crippen molar-refractivity contribution < 1.29 is 0 Å². The lowest BCUT2D eigenvalue weighted by atomic mass is 10.1. The van der Waals surface area contributed by atoms with Crippen LogP contribution in [0.3, 0.4) is 0 Å². The molecule has 0 spiro atoms. The van der Waals surface area contributed by atoms with Crippen molar-refractivity contribution in [2.45, 2.75) is 39.5 Å². The van der Waals surface area contributed by atoms with Crippen LogP contribution in [0, 0.1) is 6.92 Å². The van der Waals surface area contributed by atoms with E-state index in [1.54, 1.807) is 0 Å². The number of aliphatic imine (C=N–C) groups is 1. The van der Waals surface area contributed by atoms with Crippen LogP contribution in [0.2, 0.25) is 0 Å². The molecule has 59 valence electrons. The summed E-state index contributed by atoms with van der Waals surface area (Å²) in [6, 6.07) is 0. The van der Waals surface area contributed by atoms with Gasteiger partial charge < -0.3 is 0 Å². The number of hydrogen-bond acceptors (Lipinski definition) is 1. The van der Waals surface area contributed by atoms with Crippen molar-refractivity contribution in [1.82, 2.24) is 0 Å². The smallest absolute Gasteiger partial charge is 0.0360 e. The summed E-state index contributed by atoms with van der Waals surface area (Å²) >= 11 is 0. The lowest BCUT2D eigenvalue weighted by molar-refractivity contribution is 0.925. The summed E-state index contributed by atoms with van der Waals surface area (Å²) in [4.78, 5) is 4.38. The molecule has 0 aliphatic heterocycles. The molecule has 0 bridgehead atoms. The molecular weight excluding hydrogens is 122 g/mol. The summed E-state index contributed by atoms with van der Waals surface area (Å²) in [6.45, 7) is 9.01. The summed E-state index contributed by atoms with van der Waals surface area (Å²) in [5.41, 5.74) is 1.35. The highest BCUT2D eigenvalue weighted by atomic mass is 14.7. The third-order valence-electron chi connectivity index (χ3n) is 1.39. The average molecular weight is 140 g/mol. The van der Waals surface area contributed by atoms with Gasteiger partial charge in [0.15, 0.2) is 0 Å². The predicted molar refractivity (Wildman–Crippen MR) is 47.5 cm³/mol. The number of rotatable bonds is 5. The molecule has 0 rings (SSSR count). The Morgan fingerprint density at radius 2 is 2.00 bits per heavy atom. The van der Waals surface area contributed by atoms with Crippen LogP contribution in [0.15, 0.2) is 4.99 Å². The zero-order chi connectivity index (χ0) is 7.82. The lowest BCUT2D eigenvalue weighted by Gasteiger charge is -2.00. The van der Waals surface area contributed by atoms with E-state index in [1.165, 1.54) is 12.1 Å². The van der Waals surface area contributed by atoms with E-state index < -0.39 is 0 Å². The monoisotopic (exact) mass is 140 g/mol. The third kappa shape index (κ3) is 4.54. The zero-order valence-electron chi connectivity index (χ0n) is 7.19. The molecule has 10 heavy (non-hydrogen) atoms. The molecule has 0 N–H and O–H groups in total. The Morgan fingerprint density at radius 1 is 1.30 bits per heavy atom. The van der Waals surface area contributed by atoms with Gasteiger partial charge >= 0.3 is 0 Å². The van der Waals surface area contributed by atoms with Crippen molar-refractivity contribution >= 4 is 5.71 Å². The van der Waals surface area contributed by atoms with Gasteiger partial charge in [-0.3, -0.25) is 4.99 Å². The maximum atomic E-state index is 4.38. The van der Waals surface area contributed by atoms with Gasteiger partial charge in [0.05, 0.1) is 0 Å². The molecule has 0 aromatic heterocycles. The molecule has 0 aliphatic carbocycles. The van der Waals surface area contributed by atoms with Crippen molar-refractivity contribution in [3.8, 4) is 0 Å². The Balaban J connectivity index is 3.60. The van der Waals surface area contributed by atoms with E-state index in [1.807, 2.05) is 0 Å². The second-order valence-electron chi connectivity index (χ2n) is 2.39. The molecule has 0 unspecified atom stereocenters. The number of hydrogen-bond donors (Lipinski definition) is 0. The largest absolute Gasteiger partial charge is 0.294 e. The minimum absolute atomic E-state index is 0.926. The zero-order valence-corrected chi connectivity index (χ0v) is 7.19. The molecule has 0 atom stereocenters. The van der Waals surface area contributed by atoms with Crippen LogP contribution in [-0.4, -0.2) is 12.3 Å². The first-order chi connectivity index (χ1) is 4.85. The van der Waals surface area contributed by atoms with Gasteiger partial charge in [0.25, 0.3) is 0 Å². The highest BCUT2D eigenvalue weighted by Crippen LogP contribution is 1.99. The minimum Gasteiger partial charge on any atom is -0.294 e. The van der Waals surface area contributed by atoms with Gasteiger partial charge in [0.2, 0.25) is 0 Å². The molecule has 0 aromatic carbocycles. The van der Waals surface area contributed by atoms with Gasteiger partial charge in [-0.1, -0.05) is 20.3 Å². The summed E-state index contributed by atoms with van der Waals surface area (Å²) in [5, 5.41) is 0. The van der Waals surface area contributed by atoms with E-state index in [2.05, 4.69) is 25.8 Å². The van der Waals surface area contributed by atoms with Gasteiger partial charge in [-0.25, -0.2) is 0 Å². The van der Waals surface area contributed by atoms with Crippen LogP contribution in [0.25, 0.3) is 0 Å². The molecule has 0 aromatic rings. The molecule has 0 saturated heterocycles. The van der Waals surface area contributed by atoms with Crippen LogP contribution in [0.4, 0.5) is 0 Å². The van der Waals surface area contributed by atoms with Crippen molar-refractivity contribution in [3.63, 3.8) is 0 Å². The Morgan fingerprint density at radius 3 is 2.40 bits per heavy atom. The first-order valence-electron chi connectivity index (χ1n) is 4.16. The molecular formula is C9H18N. The summed E-state index contributed by atoms with van der Waals surface area (Å²) in [6.07, 6.45) is 4.43. The van der Waals surface area contributed by atoms with Gasteiger partial charge in [-0.15, -0.1) is 0 Å². The van der Waals surface area contributed by atoms with Crippen molar-refractivity contribution in [3.05, 3.63) is 6.92 Å². The molecule has 1 heteroatoms. The first kappa shape index (κ1) is 9.67. The maximum Gasteiger partial charge on any atom is 0.0360 e. The van der Waals surface area contributed by atoms with E-state index in [9.17, 15) is 0 Å². The first-order valence-corrected chi connectivity index (χ1v) is 4.16. The molecule has 0 aliphatic rings. The summed E-state index contributed by atoms with van der Waals surface area (Å²) in [7, 11) is 0. The quantitative estimate of drug-likeness (QED) is 0.521. The van der Waals surface area contributed by atoms with Crippen LogP contribution in [-0.2, 0) is 0 Å². The topological polar surface area (TPSA) is 12.4 Å². The van der Waals surface area contributed by atoms with Crippen molar-refractivity contribution in [2.24, 2.45) is 4.99 Å². The van der Waals surface area contributed by atoms with E-state index in [0.29, 0.717) is 0 Å². The highest BCUT2D eigenvalue weighted by Gasteiger charge is 1.93. The minimum atomic E-state index is 0.926. The van der Waals surface area contributed by atoms with Crippen LogP contribution < -0.4 is 0 Å².